The van der Waals surface area contributed by atoms with Crippen LogP contribution in [0.5, 0.6) is 0 Å². The van der Waals surface area contributed by atoms with Crippen molar-refractivity contribution in [3.63, 3.8) is 0 Å². The van der Waals surface area contributed by atoms with E-state index in [1.165, 1.54) is 5.56 Å². The van der Waals surface area contributed by atoms with Crippen LogP contribution >= 0.6 is 0 Å². The molecule has 1 atom stereocenters. The van der Waals surface area contributed by atoms with Crippen molar-refractivity contribution < 1.29 is 14.0 Å². The molecule has 172 valence electrons. The summed E-state index contributed by atoms with van der Waals surface area (Å²) < 4.78 is 11.3. The van der Waals surface area contributed by atoms with Gasteiger partial charge in [-0.2, -0.15) is 5.26 Å². The van der Waals surface area contributed by atoms with E-state index in [2.05, 4.69) is 56.2 Å². The first-order chi connectivity index (χ1) is 14.5. The quantitative estimate of drug-likeness (QED) is 0.427. The third-order valence-electron chi connectivity index (χ3n) is 6.36. The molecular weight excluding hydrogens is 406 g/mol. The Morgan fingerprint density at radius 2 is 2.06 bits per heavy atom. The van der Waals surface area contributed by atoms with Crippen molar-refractivity contribution in [2.45, 2.75) is 78.1 Å². The molecule has 31 heavy (non-hydrogen) atoms. The summed E-state index contributed by atoms with van der Waals surface area (Å²) in [5, 5.41) is 12.8. The summed E-state index contributed by atoms with van der Waals surface area (Å²) in [6, 6.07) is 6.48. The van der Waals surface area contributed by atoms with E-state index in [-0.39, 0.29) is 11.1 Å². The van der Waals surface area contributed by atoms with Crippen LogP contribution in [0.15, 0.2) is 12.1 Å². The third-order valence-corrected chi connectivity index (χ3v) is 10.9. The van der Waals surface area contributed by atoms with Crippen molar-refractivity contribution in [3.8, 4) is 6.07 Å². The molecule has 0 spiro atoms. The normalized spacial score (nSPS) is 14.7. The number of nitrogens with zero attached hydrogens (tertiary/aromatic N) is 2. The van der Waals surface area contributed by atoms with Crippen molar-refractivity contribution in [1.82, 2.24) is 5.32 Å². The molecule has 7 heteroatoms. The van der Waals surface area contributed by atoms with Gasteiger partial charge in [-0.1, -0.05) is 26.8 Å². The Labute approximate surface area is 189 Å². The van der Waals surface area contributed by atoms with E-state index >= 15 is 0 Å². The van der Waals surface area contributed by atoms with E-state index in [1.807, 2.05) is 13.0 Å². The number of benzene rings is 1. The van der Waals surface area contributed by atoms with E-state index in [9.17, 15) is 10.1 Å². The molecule has 0 aliphatic carbocycles. The second-order valence-corrected chi connectivity index (χ2v) is 14.7. The molecule has 1 aromatic rings. The summed E-state index contributed by atoms with van der Waals surface area (Å²) in [5.41, 5.74) is 4.09. The minimum atomic E-state index is -1.72. The standard InChI is InChI=1S/C24H39N3O3Si/c1-8-29-23(28)26-18(2)14-19-15-20-10-12-27(22(20)21(16-19)17-25)11-9-13-30-31(6,7)24(3,4)5/h15-16,18H,8-14H2,1-7H3,(H,26,28). The predicted molar refractivity (Wildman–Crippen MR) is 128 cm³/mol. The van der Waals surface area contributed by atoms with Gasteiger partial charge in [0.05, 0.1) is 17.9 Å². The number of anilines is 1. The van der Waals surface area contributed by atoms with Crippen molar-refractivity contribution in [2.24, 2.45) is 0 Å². The van der Waals surface area contributed by atoms with Gasteiger partial charge in [0.15, 0.2) is 8.32 Å². The molecular formula is C24H39N3O3Si. The maximum Gasteiger partial charge on any atom is 0.407 e. The van der Waals surface area contributed by atoms with Gasteiger partial charge in [-0.15, -0.1) is 0 Å². The van der Waals surface area contributed by atoms with Gasteiger partial charge < -0.3 is 19.4 Å². The van der Waals surface area contributed by atoms with E-state index in [4.69, 9.17) is 9.16 Å². The second-order valence-electron chi connectivity index (χ2n) is 9.93. The van der Waals surface area contributed by atoms with Crippen LogP contribution in [0.4, 0.5) is 10.5 Å². The Hall–Kier alpha value is -2.04. The number of nitrogens with one attached hydrogen (secondary N) is 1. The van der Waals surface area contributed by atoms with E-state index in [1.54, 1.807) is 6.92 Å². The molecule has 0 aromatic heterocycles. The SMILES string of the molecule is CCOC(=O)NC(C)Cc1cc(C#N)c2c(c1)CCN2CCCO[Si](C)(C)C(C)(C)C. The fourth-order valence-corrected chi connectivity index (χ4v) is 4.78. The molecule has 1 N–H and O–H groups in total. The lowest BCUT2D eigenvalue weighted by atomic mass is 9.99. The molecule has 0 fully saturated rings. The molecule has 2 rings (SSSR count). The molecule has 1 amide bonds. The van der Waals surface area contributed by atoms with Gasteiger partial charge in [0.1, 0.15) is 6.07 Å². The average molecular weight is 446 g/mol. The fourth-order valence-electron chi connectivity index (χ4n) is 3.70. The largest absolute Gasteiger partial charge is 0.450 e. The molecule has 0 radical (unpaired) electrons. The first kappa shape index (κ1) is 25.2. The Balaban J connectivity index is 1.99. The summed E-state index contributed by atoms with van der Waals surface area (Å²) in [6.07, 6.45) is 2.17. The number of nitriles is 1. The lowest BCUT2D eigenvalue weighted by Crippen LogP contribution is -2.41. The van der Waals surface area contributed by atoms with Gasteiger partial charge in [0.25, 0.3) is 0 Å². The number of rotatable bonds is 9. The number of carbonyl (C=O) groups is 1. The van der Waals surface area contributed by atoms with Crippen molar-refractivity contribution in [1.29, 1.82) is 5.26 Å². The minimum absolute atomic E-state index is 0.0614. The van der Waals surface area contributed by atoms with Gasteiger partial charge in [-0.05, 0) is 68.4 Å². The van der Waals surface area contributed by atoms with E-state index in [0.717, 1.165) is 49.4 Å². The number of hydrogen-bond donors (Lipinski definition) is 1. The van der Waals surface area contributed by atoms with E-state index < -0.39 is 14.4 Å². The molecule has 1 aromatic carbocycles. The van der Waals surface area contributed by atoms with Crippen LogP contribution in [0, 0.1) is 11.3 Å². The molecule has 1 unspecified atom stereocenters. The predicted octanol–water partition coefficient (Wildman–Crippen LogP) is 5.01. The van der Waals surface area contributed by atoms with Crippen LogP contribution < -0.4 is 10.2 Å². The fraction of sp³-hybridized carbons (Fsp3) is 0.667. The number of fused-ring (bicyclic) bond motifs is 1. The maximum atomic E-state index is 11.6. The highest BCUT2D eigenvalue weighted by Crippen LogP contribution is 2.37. The molecule has 0 bridgehead atoms. The topological polar surface area (TPSA) is 74.6 Å². The van der Waals surface area contributed by atoms with Crippen LogP contribution in [0.25, 0.3) is 0 Å². The van der Waals surface area contributed by atoms with Crippen molar-refractivity contribution in [2.75, 3.05) is 31.2 Å². The average Bonchev–Trinajstić information content (AvgIpc) is 3.06. The Morgan fingerprint density at radius 1 is 1.35 bits per heavy atom. The third kappa shape index (κ3) is 6.72. The zero-order valence-electron chi connectivity index (χ0n) is 20.3. The lowest BCUT2D eigenvalue weighted by Gasteiger charge is -2.36. The molecule has 1 aliphatic rings. The number of ether oxygens (including phenoxy) is 1. The highest BCUT2D eigenvalue weighted by Gasteiger charge is 2.37. The zero-order valence-corrected chi connectivity index (χ0v) is 21.3. The molecule has 0 saturated carbocycles. The van der Waals surface area contributed by atoms with Crippen LogP contribution in [0.3, 0.4) is 0 Å². The van der Waals surface area contributed by atoms with Gasteiger partial charge in [-0.25, -0.2) is 4.79 Å². The maximum absolute atomic E-state index is 11.6. The van der Waals surface area contributed by atoms with Crippen LogP contribution in [0.2, 0.25) is 18.1 Å². The Kier molecular flexibility index (Phi) is 8.55. The van der Waals surface area contributed by atoms with Crippen molar-refractivity contribution in [3.05, 3.63) is 28.8 Å². The second kappa shape index (κ2) is 10.5. The smallest absolute Gasteiger partial charge is 0.407 e. The van der Waals surface area contributed by atoms with E-state index in [0.29, 0.717) is 13.0 Å². The number of carbonyl (C=O) groups excluding carboxylic acids is 1. The summed E-state index contributed by atoms with van der Waals surface area (Å²) in [6.45, 7) is 18.0. The zero-order chi connectivity index (χ0) is 23.2. The molecule has 6 nitrogen and oxygen atoms in total. The number of amides is 1. The highest BCUT2D eigenvalue weighted by atomic mass is 28.4. The van der Waals surface area contributed by atoms with Crippen LogP contribution in [-0.4, -0.2) is 46.8 Å². The summed E-state index contributed by atoms with van der Waals surface area (Å²) in [4.78, 5) is 14.0. The Bertz CT molecular complexity index is 812. The summed E-state index contributed by atoms with van der Waals surface area (Å²) in [7, 11) is -1.72. The molecule has 1 aliphatic heterocycles. The van der Waals surface area contributed by atoms with Gasteiger partial charge >= 0.3 is 6.09 Å². The highest BCUT2D eigenvalue weighted by molar-refractivity contribution is 6.74. The van der Waals surface area contributed by atoms with Gasteiger partial charge in [-0.3, -0.25) is 0 Å². The monoisotopic (exact) mass is 445 g/mol. The number of alkyl carbamates (subject to hydrolysis) is 1. The first-order valence-corrected chi connectivity index (χ1v) is 14.3. The van der Waals surface area contributed by atoms with Crippen LogP contribution in [-0.2, 0) is 22.0 Å². The lowest BCUT2D eigenvalue weighted by molar-refractivity contribution is 0.149. The van der Waals surface area contributed by atoms with Gasteiger partial charge in [0.2, 0.25) is 0 Å². The first-order valence-electron chi connectivity index (χ1n) is 11.4. The Morgan fingerprint density at radius 3 is 2.68 bits per heavy atom. The summed E-state index contributed by atoms with van der Waals surface area (Å²) >= 11 is 0. The molecule has 1 heterocycles. The van der Waals surface area contributed by atoms with Gasteiger partial charge in [0, 0.05) is 25.7 Å². The van der Waals surface area contributed by atoms with Crippen molar-refractivity contribution >= 4 is 20.1 Å². The minimum Gasteiger partial charge on any atom is -0.450 e. The summed E-state index contributed by atoms with van der Waals surface area (Å²) in [5.74, 6) is 0. The molecule has 0 saturated heterocycles. The van der Waals surface area contributed by atoms with Crippen LogP contribution in [0.1, 0.15) is 57.7 Å². The number of hydrogen-bond acceptors (Lipinski definition) is 5.